The lowest BCUT2D eigenvalue weighted by Gasteiger charge is -2.06. The zero-order valence-electron chi connectivity index (χ0n) is 12.1. The molecule has 0 amide bonds. The van der Waals surface area contributed by atoms with Crippen molar-refractivity contribution in [3.05, 3.63) is 47.0 Å². The van der Waals surface area contributed by atoms with Crippen LogP contribution in [0.25, 0.3) is 16.9 Å². The van der Waals surface area contributed by atoms with Crippen LogP contribution in [0.1, 0.15) is 23.0 Å². The van der Waals surface area contributed by atoms with Gasteiger partial charge in [0.05, 0.1) is 23.5 Å². The van der Waals surface area contributed by atoms with Crippen LogP contribution in [-0.4, -0.2) is 32.2 Å². The second kappa shape index (κ2) is 5.73. The van der Waals surface area contributed by atoms with Crippen LogP contribution in [-0.2, 0) is 4.74 Å². The van der Waals surface area contributed by atoms with Gasteiger partial charge in [-0.05, 0) is 31.5 Å². The summed E-state index contributed by atoms with van der Waals surface area (Å²) >= 11 is 5.97. The number of nitrogens with zero attached hydrogens (tertiary/aromatic N) is 4. The third kappa shape index (κ3) is 2.53. The van der Waals surface area contributed by atoms with Crippen molar-refractivity contribution < 1.29 is 9.53 Å². The average Bonchev–Trinajstić information content (AvgIpc) is 2.92. The van der Waals surface area contributed by atoms with Crippen LogP contribution in [0.2, 0.25) is 5.02 Å². The Morgan fingerprint density at radius 3 is 2.86 bits per heavy atom. The van der Waals surface area contributed by atoms with Gasteiger partial charge in [0, 0.05) is 18.0 Å². The maximum atomic E-state index is 12.0. The van der Waals surface area contributed by atoms with Gasteiger partial charge in [0.15, 0.2) is 11.3 Å². The van der Waals surface area contributed by atoms with Gasteiger partial charge in [0.1, 0.15) is 0 Å². The first kappa shape index (κ1) is 14.5. The molecule has 0 saturated carbocycles. The summed E-state index contributed by atoms with van der Waals surface area (Å²) in [6.45, 7) is 3.95. The van der Waals surface area contributed by atoms with Gasteiger partial charge < -0.3 is 4.74 Å². The van der Waals surface area contributed by atoms with E-state index in [1.165, 1.54) is 10.7 Å². The summed E-state index contributed by atoms with van der Waals surface area (Å²) in [6.07, 6.45) is 4.69. The number of ether oxygens (including phenoxy) is 1. The van der Waals surface area contributed by atoms with Crippen LogP contribution in [0.3, 0.4) is 0 Å². The number of pyridine rings is 1. The number of rotatable bonds is 3. The van der Waals surface area contributed by atoms with Gasteiger partial charge in [-0.1, -0.05) is 11.6 Å². The topological polar surface area (TPSA) is 69.4 Å². The van der Waals surface area contributed by atoms with E-state index in [4.69, 9.17) is 16.3 Å². The predicted octanol–water partition coefficient (Wildman–Crippen LogP) is 2.93. The maximum absolute atomic E-state index is 12.0. The first-order valence-electron chi connectivity index (χ1n) is 6.73. The molecule has 112 valence electrons. The molecular formula is C15H13ClN4O2. The lowest BCUT2D eigenvalue weighted by atomic mass is 10.1. The van der Waals surface area contributed by atoms with Gasteiger partial charge in [0.25, 0.3) is 0 Å². The summed E-state index contributed by atoms with van der Waals surface area (Å²) in [6, 6.07) is 3.65. The molecule has 3 rings (SSSR count). The number of hydrogen-bond acceptors (Lipinski definition) is 5. The Labute approximate surface area is 131 Å². The van der Waals surface area contributed by atoms with Gasteiger partial charge in [-0.2, -0.15) is 5.10 Å². The van der Waals surface area contributed by atoms with Crippen LogP contribution in [0.4, 0.5) is 0 Å². The van der Waals surface area contributed by atoms with E-state index >= 15 is 0 Å². The molecule has 3 heterocycles. The summed E-state index contributed by atoms with van der Waals surface area (Å²) in [7, 11) is 0. The largest absolute Gasteiger partial charge is 0.461 e. The minimum absolute atomic E-state index is 0.289. The summed E-state index contributed by atoms with van der Waals surface area (Å²) in [4.78, 5) is 20.3. The van der Waals surface area contributed by atoms with Gasteiger partial charge >= 0.3 is 5.97 Å². The molecule has 0 aliphatic heterocycles. The van der Waals surface area contributed by atoms with Crippen molar-refractivity contribution in [1.82, 2.24) is 19.6 Å². The fourth-order valence-corrected chi connectivity index (χ4v) is 2.33. The van der Waals surface area contributed by atoms with E-state index in [0.29, 0.717) is 23.0 Å². The third-order valence-electron chi connectivity index (χ3n) is 3.14. The van der Waals surface area contributed by atoms with Crippen molar-refractivity contribution in [1.29, 1.82) is 0 Å². The van der Waals surface area contributed by atoms with Crippen molar-refractivity contribution in [2.24, 2.45) is 0 Å². The van der Waals surface area contributed by atoms with Gasteiger partial charge in [-0.15, -0.1) is 0 Å². The highest BCUT2D eigenvalue weighted by atomic mass is 35.5. The number of esters is 1. The number of carbonyl (C=O) groups is 1. The smallest absolute Gasteiger partial charge is 0.358 e. The molecule has 0 aromatic carbocycles. The standard InChI is InChI=1S/C15H13ClN4O2/c1-3-22-15(21)13-8-18-14-9(2)4-12(19-20(13)14)10-5-11(16)7-17-6-10/h4-8H,3H2,1-2H3. The minimum Gasteiger partial charge on any atom is -0.461 e. The molecule has 6 nitrogen and oxygen atoms in total. The van der Waals surface area contributed by atoms with E-state index in [2.05, 4.69) is 15.1 Å². The number of carbonyl (C=O) groups excluding carboxylic acids is 1. The molecule has 3 aromatic rings. The molecular weight excluding hydrogens is 304 g/mol. The SMILES string of the molecule is CCOC(=O)c1cnc2c(C)cc(-c3cncc(Cl)c3)nn12. The Morgan fingerprint density at radius 1 is 1.32 bits per heavy atom. The molecule has 0 N–H and O–H groups in total. The average molecular weight is 317 g/mol. The second-order valence-electron chi connectivity index (χ2n) is 4.70. The molecule has 0 saturated heterocycles. The molecule has 7 heteroatoms. The van der Waals surface area contributed by atoms with Gasteiger partial charge in [-0.3, -0.25) is 4.98 Å². The first-order valence-corrected chi connectivity index (χ1v) is 7.11. The quantitative estimate of drug-likeness (QED) is 0.695. The van der Waals surface area contributed by atoms with Crippen molar-refractivity contribution in [3.8, 4) is 11.3 Å². The Morgan fingerprint density at radius 2 is 2.14 bits per heavy atom. The van der Waals surface area contributed by atoms with Gasteiger partial charge in [-0.25, -0.2) is 14.3 Å². The summed E-state index contributed by atoms with van der Waals surface area (Å²) < 4.78 is 6.52. The zero-order valence-corrected chi connectivity index (χ0v) is 12.8. The fourth-order valence-electron chi connectivity index (χ4n) is 2.16. The molecule has 0 bridgehead atoms. The highest BCUT2D eigenvalue weighted by molar-refractivity contribution is 6.30. The molecule has 3 aromatic heterocycles. The lowest BCUT2D eigenvalue weighted by molar-refractivity contribution is 0.0517. The molecule has 0 radical (unpaired) electrons. The lowest BCUT2D eigenvalue weighted by Crippen LogP contribution is -2.10. The van der Waals surface area contributed by atoms with Gasteiger partial charge in [0.2, 0.25) is 0 Å². The van der Waals surface area contributed by atoms with Crippen LogP contribution in [0, 0.1) is 6.92 Å². The van der Waals surface area contributed by atoms with Crippen molar-refractivity contribution in [2.75, 3.05) is 6.61 Å². The fraction of sp³-hybridized carbons (Fsp3) is 0.200. The molecule has 0 aliphatic carbocycles. The molecule has 0 aliphatic rings. The van der Waals surface area contributed by atoms with Crippen LogP contribution < -0.4 is 0 Å². The van der Waals surface area contributed by atoms with E-state index in [1.807, 2.05) is 13.0 Å². The Kier molecular flexibility index (Phi) is 3.77. The molecule has 22 heavy (non-hydrogen) atoms. The highest BCUT2D eigenvalue weighted by Gasteiger charge is 2.16. The molecule has 0 atom stereocenters. The normalized spacial score (nSPS) is 10.9. The molecule has 0 fully saturated rings. The van der Waals surface area contributed by atoms with Crippen molar-refractivity contribution in [2.45, 2.75) is 13.8 Å². The molecule has 0 unspecified atom stereocenters. The number of halogens is 1. The predicted molar refractivity (Wildman–Crippen MR) is 81.9 cm³/mol. The van der Waals surface area contributed by atoms with E-state index in [-0.39, 0.29) is 5.69 Å². The van der Waals surface area contributed by atoms with Crippen LogP contribution >= 0.6 is 11.6 Å². The number of aryl methyl sites for hydroxylation is 1. The number of imidazole rings is 1. The zero-order chi connectivity index (χ0) is 15.7. The Balaban J connectivity index is 2.18. The van der Waals surface area contributed by atoms with E-state index in [9.17, 15) is 4.79 Å². The number of fused-ring (bicyclic) bond motifs is 1. The molecule has 0 spiro atoms. The monoisotopic (exact) mass is 316 g/mol. The van der Waals surface area contributed by atoms with Crippen LogP contribution in [0.15, 0.2) is 30.7 Å². The number of hydrogen-bond donors (Lipinski definition) is 0. The van der Waals surface area contributed by atoms with E-state index in [1.54, 1.807) is 25.4 Å². The van der Waals surface area contributed by atoms with Crippen molar-refractivity contribution in [3.63, 3.8) is 0 Å². The summed E-state index contributed by atoms with van der Waals surface area (Å²) in [5.41, 5.74) is 3.21. The second-order valence-corrected chi connectivity index (χ2v) is 5.14. The third-order valence-corrected chi connectivity index (χ3v) is 3.34. The Hall–Kier alpha value is -2.47. The van der Waals surface area contributed by atoms with Crippen molar-refractivity contribution >= 4 is 23.2 Å². The van der Waals surface area contributed by atoms with E-state index < -0.39 is 5.97 Å². The minimum atomic E-state index is -0.455. The summed E-state index contributed by atoms with van der Waals surface area (Å²) in [5, 5.41) is 4.99. The Bertz CT molecular complexity index is 860. The highest BCUT2D eigenvalue weighted by Crippen LogP contribution is 2.22. The number of aromatic nitrogens is 4. The summed E-state index contributed by atoms with van der Waals surface area (Å²) in [5.74, 6) is -0.455. The first-order chi connectivity index (χ1) is 10.6. The maximum Gasteiger partial charge on any atom is 0.358 e. The van der Waals surface area contributed by atoms with E-state index in [0.717, 1.165) is 11.1 Å². The van der Waals surface area contributed by atoms with Crippen LogP contribution in [0.5, 0.6) is 0 Å².